The lowest BCUT2D eigenvalue weighted by Gasteiger charge is -2.05. The van der Waals surface area contributed by atoms with E-state index in [9.17, 15) is 4.79 Å². The molecule has 0 bridgehead atoms. The Bertz CT molecular complexity index is 583. The number of carbonyl (C=O) groups is 1. The van der Waals surface area contributed by atoms with Gasteiger partial charge >= 0.3 is 0 Å². The molecule has 0 fully saturated rings. The quantitative estimate of drug-likeness (QED) is 0.486. The molecule has 0 aliphatic rings. The summed E-state index contributed by atoms with van der Waals surface area (Å²) in [6.45, 7) is 1.99. The first kappa shape index (κ1) is 14.9. The standard InChI is InChI=1S/C14H17N3OS2/c1-10-9-20-14(16-10)19-7-3-6-13(18)17-12-5-2-4-11(15)8-12/h2,4-5,8-9H,3,6-7,15H2,1H3,(H,17,18). The van der Waals surface area contributed by atoms with Crippen LogP contribution >= 0.6 is 23.1 Å². The number of anilines is 2. The maximum Gasteiger partial charge on any atom is 0.224 e. The van der Waals surface area contributed by atoms with E-state index in [0.717, 1.165) is 27.9 Å². The lowest BCUT2D eigenvalue weighted by molar-refractivity contribution is -0.116. The van der Waals surface area contributed by atoms with Gasteiger partial charge in [-0.1, -0.05) is 17.8 Å². The largest absolute Gasteiger partial charge is 0.399 e. The van der Waals surface area contributed by atoms with Crippen molar-refractivity contribution in [2.45, 2.75) is 24.1 Å². The Morgan fingerprint density at radius 2 is 2.35 bits per heavy atom. The summed E-state index contributed by atoms with van der Waals surface area (Å²) in [5.41, 5.74) is 8.11. The summed E-state index contributed by atoms with van der Waals surface area (Å²) in [6, 6.07) is 7.21. The molecule has 2 rings (SSSR count). The van der Waals surface area contributed by atoms with Gasteiger partial charge in [0.1, 0.15) is 4.34 Å². The second kappa shape index (κ2) is 7.31. The lowest BCUT2D eigenvalue weighted by Crippen LogP contribution is -2.11. The number of nitrogens with two attached hydrogens (primary N) is 1. The summed E-state index contributed by atoms with van der Waals surface area (Å²) < 4.78 is 1.07. The molecule has 0 atom stereocenters. The molecule has 106 valence electrons. The van der Waals surface area contributed by atoms with Crippen LogP contribution in [0.2, 0.25) is 0 Å². The van der Waals surface area contributed by atoms with E-state index >= 15 is 0 Å². The molecular formula is C14H17N3OS2. The molecule has 0 saturated carbocycles. The number of aryl methyl sites for hydroxylation is 1. The molecule has 4 nitrogen and oxygen atoms in total. The highest BCUT2D eigenvalue weighted by molar-refractivity contribution is 8.01. The molecule has 0 spiro atoms. The molecule has 1 amide bonds. The molecule has 1 aromatic carbocycles. The van der Waals surface area contributed by atoms with Crippen molar-refractivity contribution in [3.63, 3.8) is 0 Å². The van der Waals surface area contributed by atoms with Crippen LogP contribution in [0.5, 0.6) is 0 Å². The van der Waals surface area contributed by atoms with Gasteiger partial charge in [0.05, 0.1) is 0 Å². The Morgan fingerprint density at radius 1 is 1.50 bits per heavy atom. The van der Waals surface area contributed by atoms with E-state index in [4.69, 9.17) is 5.73 Å². The molecule has 0 saturated heterocycles. The fraction of sp³-hybridized carbons (Fsp3) is 0.286. The minimum Gasteiger partial charge on any atom is -0.399 e. The normalized spacial score (nSPS) is 10.4. The number of aromatic nitrogens is 1. The van der Waals surface area contributed by atoms with E-state index in [-0.39, 0.29) is 5.91 Å². The van der Waals surface area contributed by atoms with Crippen molar-refractivity contribution in [2.24, 2.45) is 0 Å². The zero-order valence-electron chi connectivity index (χ0n) is 11.3. The van der Waals surface area contributed by atoms with Crippen molar-refractivity contribution in [1.29, 1.82) is 0 Å². The van der Waals surface area contributed by atoms with Gasteiger partial charge < -0.3 is 11.1 Å². The number of amides is 1. The van der Waals surface area contributed by atoms with Gasteiger partial charge in [-0.3, -0.25) is 4.79 Å². The Morgan fingerprint density at radius 3 is 3.05 bits per heavy atom. The fourth-order valence-electron chi connectivity index (χ4n) is 1.63. The van der Waals surface area contributed by atoms with Gasteiger partial charge in [0.2, 0.25) is 5.91 Å². The highest BCUT2D eigenvalue weighted by atomic mass is 32.2. The van der Waals surface area contributed by atoms with Crippen molar-refractivity contribution in [3.05, 3.63) is 35.3 Å². The van der Waals surface area contributed by atoms with Crippen molar-refractivity contribution in [2.75, 3.05) is 16.8 Å². The topological polar surface area (TPSA) is 68.0 Å². The van der Waals surface area contributed by atoms with Gasteiger partial charge in [-0.05, 0) is 31.5 Å². The van der Waals surface area contributed by atoms with E-state index < -0.39 is 0 Å². The van der Waals surface area contributed by atoms with Crippen molar-refractivity contribution >= 4 is 40.4 Å². The maximum atomic E-state index is 11.8. The van der Waals surface area contributed by atoms with Crippen LogP contribution in [0.15, 0.2) is 34.0 Å². The average Bonchev–Trinajstić information content (AvgIpc) is 2.80. The maximum absolute atomic E-state index is 11.8. The number of nitrogens with zero attached hydrogens (tertiary/aromatic N) is 1. The molecule has 2 aromatic rings. The van der Waals surface area contributed by atoms with E-state index in [1.54, 1.807) is 35.2 Å². The fourth-order valence-corrected chi connectivity index (χ4v) is 3.49. The third-order valence-corrected chi connectivity index (χ3v) is 4.77. The van der Waals surface area contributed by atoms with E-state index in [0.29, 0.717) is 12.1 Å². The third kappa shape index (κ3) is 4.86. The number of carbonyl (C=O) groups excluding carboxylic acids is 1. The Hall–Kier alpha value is -1.53. The van der Waals surface area contributed by atoms with Crippen LogP contribution in [0.4, 0.5) is 11.4 Å². The number of thiazole rings is 1. The average molecular weight is 307 g/mol. The van der Waals surface area contributed by atoms with Crippen LogP contribution in [0, 0.1) is 6.92 Å². The second-order valence-corrected chi connectivity index (χ2v) is 6.58. The first-order valence-corrected chi connectivity index (χ1v) is 8.20. The predicted octanol–water partition coefficient (Wildman–Crippen LogP) is 3.54. The van der Waals surface area contributed by atoms with Gasteiger partial charge in [0.15, 0.2) is 0 Å². The zero-order chi connectivity index (χ0) is 14.4. The highest BCUT2D eigenvalue weighted by Crippen LogP contribution is 2.23. The van der Waals surface area contributed by atoms with E-state index in [2.05, 4.69) is 10.3 Å². The van der Waals surface area contributed by atoms with Crippen LogP contribution in [-0.4, -0.2) is 16.6 Å². The van der Waals surface area contributed by atoms with E-state index in [1.165, 1.54) is 0 Å². The molecule has 20 heavy (non-hydrogen) atoms. The van der Waals surface area contributed by atoms with Crippen LogP contribution in [-0.2, 0) is 4.79 Å². The minimum atomic E-state index is 0.0199. The molecule has 0 aliphatic carbocycles. The second-order valence-electron chi connectivity index (χ2n) is 4.38. The zero-order valence-corrected chi connectivity index (χ0v) is 12.9. The minimum absolute atomic E-state index is 0.0199. The van der Waals surface area contributed by atoms with E-state index in [1.807, 2.05) is 24.4 Å². The third-order valence-electron chi connectivity index (χ3n) is 2.54. The predicted molar refractivity (Wildman–Crippen MR) is 86.3 cm³/mol. The summed E-state index contributed by atoms with van der Waals surface area (Å²) in [5.74, 6) is 0.920. The van der Waals surface area contributed by atoms with Crippen LogP contribution in [0.3, 0.4) is 0 Å². The van der Waals surface area contributed by atoms with Crippen LogP contribution in [0.25, 0.3) is 0 Å². The van der Waals surface area contributed by atoms with Gasteiger partial charge in [0, 0.05) is 34.6 Å². The summed E-state index contributed by atoms with van der Waals surface area (Å²) in [4.78, 5) is 16.1. The first-order valence-electron chi connectivity index (χ1n) is 6.34. The molecule has 0 aliphatic heterocycles. The number of hydrogen-bond donors (Lipinski definition) is 2. The first-order chi connectivity index (χ1) is 9.63. The molecule has 3 N–H and O–H groups in total. The molecule has 1 aromatic heterocycles. The summed E-state index contributed by atoms with van der Waals surface area (Å²) in [7, 11) is 0. The molecule has 0 unspecified atom stereocenters. The van der Waals surface area contributed by atoms with Crippen LogP contribution < -0.4 is 11.1 Å². The number of nitrogens with one attached hydrogen (secondary N) is 1. The molecular weight excluding hydrogens is 290 g/mol. The van der Waals surface area contributed by atoms with Gasteiger partial charge in [0.25, 0.3) is 0 Å². The van der Waals surface area contributed by atoms with Gasteiger partial charge in [-0.15, -0.1) is 11.3 Å². The molecule has 1 heterocycles. The Kier molecular flexibility index (Phi) is 5.43. The Labute approximate surface area is 126 Å². The smallest absolute Gasteiger partial charge is 0.224 e. The van der Waals surface area contributed by atoms with Gasteiger partial charge in [-0.2, -0.15) is 0 Å². The van der Waals surface area contributed by atoms with Crippen LogP contribution in [0.1, 0.15) is 18.5 Å². The number of benzene rings is 1. The van der Waals surface area contributed by atoms with Gasteiger partial charge in [-0.25, -0.2) is 4.98 Å². The number of nitrogen functional groups attached to an aromatic ring is 1. The summed E-state index contributed by atoms with van der Waals surface area (Å²) in [5, 5.41) is 4.88. The van der Waals surface area contributed by atoms with Crippen molar-refractivity contribution in [3.8, 4) is 0 Å². The number of rotatable bonds is 6. The molecule has 0 radical (unpaired) electrons. The number of hydrogen-bond acceptors (Lipinski definition) is 5. The highest BCUT2D eigenvalue weighted by Gasteiger charge is 2.04. The van der Waals surface area contributed by atoms with Crippen molar-refractivity contribution < 1.29 is 4.79 Å². The lowest BCUT2D eigenvalue weighted by atomic mass is 10.2. The Balaban J connectivity index is 1.67. The summed E-state index contributed by atoms with van der Waals surface area (Å²) >= 11 is 3.35. The molecule has 6 heteroatoms. The number of thioether (sulfide) groups is 1. The monoisotopic (exact) mass is 307 g/mol. The summed E-state index contributed by atoms with van der Waals surface area (Å²) in [6.07, 6.45) is 1.34. The SMILES string of the molecule is Cc1csc(SCCCC(=O)Nc2cccc(N)c2)n1. The van der Waals surface area contributed by atoms with Crippen molar-refractivity contribution in [1.82, 2.24) is 4.98 Å².